The number of aliphatic hydroxyl groups excluding tert-OH is 1. The van der Waals surface area contributed by atoms with E-state index in [1.165, 1.54) is 38.5 Å². The normalized spacial score (nSPS) is 29.9. The van der Waals surface area contributed by atoms with Gasteiger partial charge in [-0.2, -0.15) is 0 Å². The number of hydrogen-bond donors (Lipinski definition) is 2. The molecule has 0 saturated carbocycles. The van der Waals surface area contributed by atoms with Crippen molar-refractivity contribution in [2.24, 2.45) is 0 Å². The summed E-state index contributed by atoms with van der Waals surface area (Å²) in [7, 11) is 0. The molecule has 0 aromatic heterocycles. The molecule has 0 aliphatic carbocycles. The zero-order valence-corrected chi connectivity index (χ0v) is 11.5. The summed E-state index contributed by atoms with van der Waals surface area (Å²) >= 11 is 0. The van der Waals surface area contributed by atoms with Gasteiger partial charge in [-0.3, -0.25) is 0 Å². The van der Waals surface area contributed by atoms with Crippen molar-refractivity contribution in [3.8, 4) is 0 Å². The fourth-order valence-corrected chi connectivity index (χ4v) is 2.56. The number of aliphatic hydroxyl groups is 1. The second kappa shape index (κ2) is 8.71. The molecule has 0 unspecified atom stereocenters. The predicted octanol–water partition coefficient (Wildman–Crippen LogP) is 3.40. The number of rotatable bonds is 7. The van der Waals surface area contributed by atoms with Gasteiger partial charge in [0.05, 0.1) is 6.10 Å². The lowest BCUT2D eigenvalue weighted by atomic mass is 9.96. The molecule has 1 aliphatic heterocycles. The van der Waals surface area contributed by atoms with E-state index in [0.29, 0.717) is 12.1 Å². The van der Waals surface area contributed by atoms with Gasteiger partial charge < -0.3 is 10.4 Å². The Kier molecular flexibility index (Phi) is 7.54. The molecule has 0 bridgehead atoms. The SMILES string of the molecule is CCCCCCC/C=C/[C@@H]1C[C@H](O)C[C@H](C)N1. The molecule has 2 N–H and O–H groups in total. The van der Waals surface area contributed by atoms with Crippen LogP contribution < -0.4 is 5.32 Å². The molecular formula is C15H29NO. The van der Waals surface area contributed by atoms with Crippen molar-refractivity contribution in [2.75, 3.05) is 0 Å². The van der Waals surface area contributed by atoms with Crippen molar-refractivity contribution < 1.29 is 5.11 Å². The molecule has 1 fully saturated rings. The van der Waals surface area contributed by atoms with Crippen LogP contribution in [0.25, 0.3) is 0 Å². The molecule has 0 aromatic carbocycles. The Balaban J connectivity index is 2.07. The molecule has 1 rings (SSSR count). The fraction of sp³-hybridized carbons (Fsp3) is 0.867. The molecule has 2 heteroatoms. The van der Waals surface area contributed by atoms with Gasteiger partial charge in [0.1, 0.15) is 0 Å². The van der Waals surface area contributed by atoms with Crippen LogP contribution in [0.1, 0.15) is 65.2 Å². The third-order valence-electron chi connectivity index (χ3n) is 3.49. The smallest absolute Gasteiger partial charge is 0.0572 e. The molecule has 0 radical (unpaired) electrons. The van der Waals surface area contributed by atoms with Crippen LogP contribution in [0, 0.1) is 0 Å². The van der Waals surface area contributed by atoms with E-state index in [2.05, 4.69) is 31.3 Å². The molecule has 100 valence electrons. The van der Waals surface area contributed by atoms with E-state index in [0.717, 1.165) is 12.8 Å². The summed E-state index contributed by atoms with van der Waals surface area (Å²) in [6.45, 7) is 4.40. The number of hydrogen-bond acceptors (Lipinski definition) is 2. The van der Waals surface area contributed by atoms with Crippen LogP contribution >= 0.6 is 0 Å². The third-order valence-corrected chi connectivity index (χ3v) is 3.49. The van der Waals surface area contributed by atoms with Gasteiger partial charge in [0, 0.05) is 12.1 Å². The number of piperidine rings is 1. The Morgan fingerprint density at radius 1 is 1.18 bits per heavy atom. The first kappa shape index (κ1) is 14.7. The minimum atomic E-state index is -0.120. The quantitative estimate of drug-likeness (QED) is 0.527. The van der Waals surface area contributed by atoms with E-state index >= 15 is 0 Å². The largest absolute Gasteiger partial charge is 0.393 e. The Hall–Kier alpha value is -0.340. The molecular weight excluding hydrogens is 210 g/mol. The van der Waals surface area contributed by atoms with Crippen LogP contribution in [0.4, 0.5) is 0 Å². The summed E-state index contributed by atoms with van der Waals surface area (Å²) in [6, 6.07) is 0.822. The van der Waals surface area contributed by atoms with Crippen LogP contribution in [0.5, 0.6) is 0 Å². The van der Waals surface area contributed by atoms with Crippen molar-refractivity contribution >= 4 is 0 Å². The van der Waals surface area contributed by atoms with E-state index in [4.69, 9.17) is 0 Å². The number of nitrogens with one attached hydrogen (secondary N) is 1. The fourth-order valence-electron chi connectivity index (χ4n) is 2.56. The van der Waals surface area contributed by atoms with Crippen molar-refractivity contribution in [1.29, 1.82) is 0 Å². The Morgan fingerprint density at radius 2 is 1.94 bits per heavy atom. The van der Waals surface area contributed by atoms with E-state index in [1.807, 2.05) is 0 Å². The zero-order chi connectivity index (χ0) is 12.5. The first-order valence-corrected chi connectivity index (χ1v) is 7.33. The Bertz CT molecular complexity index is 205. The molecule has 1 aliphatic rings. The van der Waals surface area contributed by atoms with Gasteiger partial charge in [-0.15, -0.1) is 0 Å². The van der Waals surface area contributed by atoms with Crippen LogP contribution in [-0.2, 0) is 0 Å². The van der Waals surface area contributed by atoms with Crippen molar-refractivity contribution in [3.05, 3.63) is 12.2 Å². The van der Waals surface area contributed by atoms with Crippen LogP contribution in [0.2, 0.25) is 0 Å². The summed E-state index contributed by atoms with van der Waals surface area (Å²) in [5, 5.41) is 13.2. The highest BCUT2D eigenvalue weighted by atomic mass is 16.3. The minimum Gasteiger partial charge on any atom is -0.393 e. The molecule has 3 atom stereocenters. The highest BCUT2D eigenvalue weighted by molar-refractivity contribution is 4.98. The van der Waals surface area contributed by atoms with Gasteiger partial charge in [-0.25, -0.2) is 0 Å². The van der Waals surface area contributed by atoms with Crippen molar-refractivity contribution in [1.82, 2.24) is 5.32 Å². The van der Waals surface area contributed by atoms with E-state index in [9.17, 15) is 5.11 Å². The van der Waals surface area contributed by atoms with Crippen molar-refractivity contribution in [3.63, 3.8) is 0 Å². The lowest BCUT2D eigenvalue weighted by Crippen LogP contribution is -2.44. The third kappa shape index (κ3) is 6.85. The van der Waals surface area contributed by atoms with Gasteiger partial charge in [0.25, 0.3) is 0 Å². The molecule has 1 saturated heterocycles. The molecule has 1 heterocycles. The molecule has 0 spiro atoms. The van der Waals surface area contributed by atoms with E-state index in [-0.39, 0.29) is 6.10 Å². The van der Waals surface area contributed by atoms with Gasteiger partial charge in [0.2, 0.25) is 0 Å². The lowest BCUT2D eigenvalue weighted by Gasteiger charge is -2.30. The lowest BCUT2D eigenvalue weighted by molar-refractivity contribution is 0.107. The maximum atomic E-state index is 9.68. The highest BCUT2D eigenvalue weighted by Crippen LogP contribution is 2.14. The van der Waals surface area contributed by atoms with Gasteiger partial charge in [-0.05, 0) is 32.6 Å². The Labute approximate surface area is 106 Å². The zero-order valence-electron chi connectivity index (χ0n) is 11.5. The highest BCUT2D eigenvalue weighted by Gasteiger charge is 2.21. The summed E-state index contributed by atoms with van der Waals surface area (Å²) in [5.74, 6) is 0. The predicted molar refractivity (Wildman–Crippen MR) is 74.1 cm³/mol. The molecule has 0 aromatic rings. The second-order valence-corrected chi connectivity index (χ2v) is 5.43. The van der Waals surface area contributed by atoms with Crippen LogP contribution in [-0.4, -0.2) is 23.3 Å². The number of unbranched alkanes of at least 4 members (excludes halogenated alkanes) is 5. The van der Waals surface area contributed by atoms with E-state index in [1.54, 1.807) is 0 Å². The summed E-state index contributed by atoms with van der Waals surface area (Å²) in [6.07, 6.45) is 14.1. The maximum absolute atomic E-state index is 9.68. The maximum Gasteiger partial charge on any atom is 0.0572 e. The van der Waals surface area contributed by atoms with Crippen LogP contribution in [0.15, 0.2) is 12.2 Å². The first-order valence-electron chi connectivity index (χ1n) is 7.33. The topological polar surface area (TPSA) is 32.3 Å². The van der Waals surface area contributed by atoms with E-state index < -0.39 is 0 Å². The monoisotopic (exact) mass is 239 g/mol. The average molecular weight is 239 g/mol. The van der Waals surface area contributed by atoms with Gasteiger partial charge >= 0.3 is 0 Å². The first-order chi connectivity index (χ1) is 8.22. The summed E-state index contributed by atoms with van der Waals surface area (Å²) < 4.78 is 0. The summed E-state index contributed by atoms with van der Waals surface area (Å²) in [4.78, 5) is 0. The average Bonchev–Trinajstić information content (AvgIpc) is 2.26. The number of allylic oxidation sites excluding steroid dienone is 1. The second-order valence-electron chi connectivity index (χ2n) is 5.43. The standard InChI is InChI=1S/C15H29NO/c1-3-4-5-6-7-8-9-10-14-12-15(17)11-13(2)16-14/h9-10,13-17H,3-8,11-12H2,1-2H3/b10-9+/t13-,14+,15+/m0/s1. The van der Waals surface area contributed by atoms with Crippen LogP contribution in [0.3, 0.4) is 0 Å². The van der Waals surface area contributed by atoms with Gasteiger partial charge in [0.15, 0.2) is 0 Å². The van der Waals surface area contributed by atoms with Crippen molar-refractivity contribution in [2.45, 2.75) is 83.4 Å². The summed E-state index contributed by atoms with van der Waals surface area (Å²) in [5.41, 5.74) is 0. The molecule has 0 amide bonds. The minimum absolute atomic E-state index is 0.120. The Morgan fingerprint density at radius 3 is 2.65 bits per heavy atom. The van der Waals surface area contributed by atoms with Gasteiger partial charge in [-0.1, -0.05) is 44.8 Å². The molecule has 17 heavy (non-hydrogen) atoms. The molecule has 2 nitrogen and oxygen atoms in total.